The van der Waals surface area contributed by atoms with Crippen molar-refractivity contribution >= 4 is 15.6 Å². The lowest BCUT2D eigenvalue weighted by Crippen LogP contribution is -2.29. The molecule has 158 valence electrons. The Morgan fingerprint density at radius 3 is 2.00 bits per heavy atom. The lowest BCUT2D eigenvalue weighted by molar-refractivity contribution is -0.123. The fraction of sp³-hybridized carbons (Fsp3) is 0.440. The number of Topliss-reactive ketones (excluding diaryl/α,β-unsaturated/α-hetero) is 1. The predicted molar refractivity (Wildman–Crippen MR) is 120 cm³/mol. The lowest BCUT2D eigenvalue weighted by atomic mass is 9.79. The number of benzene rings is 2. The van der Waals surface area contributed by atoms with Gasteiger partial charge in [0.25, 0.3) is 0 Å². The topological polar surface area (TPSA) is 75.0 Å². The molecular weight excluding hydrogens is 394 g/mol. The van der Waals surface area contributed by atoms with Crippen LogP contribution in [0.15, 0.2) is 48.5 Å². The molecule has 1 saturated carbocycles. The minimum Gasteiger partial charge on any atom is -0.299 e. The van der Waals surface area contributed by atoms with Crippen LogP contribution >= 0.6 is 0 Å². The summed E-state index contributed by atoms with van der Waals surface area (Å²) in [6.45, 7) is 3.47. The molecule has 0 saturated heterocycles. The first-order valence-electron chi connectivity index (χ1n) is 10.6. The van der Waals surface area contributed by atoms with Crippen molar-refractivity contribution in [3.8, 4) is 17.2 Å². The first-order valence-corrected chi connectivity index (χ1v) is 12.3. The van der Waals surface area contributed by atoms with Crippen LogP contribution in [0.2, 0.25) is 0 Å². The molecule has 0 bridgehead atoms. The van der Waals surface area contributed by atoms with E-state index in [0.29, 0.717) is 12.0 Å². The largest absolute Gasteiger partial charge is 0.299 e. The van der Waals surface area contributed by atoms with E-state index < -0.39 is 9.84 Å². The SMILES string of the molecule is CC(C)S(=O)(=O)CC1CCC(C(=O)Cc2ccc(-c3ccc(C#N)cc3)cc2)CC1. The number of carbonyl (C=O) groups is 1. The molecule has 2 aromatic carbocycles. The molecular formula is C25H29NO3S. The van der Waals surface area contributed by atoms with Gasteiger partial charge in [-0.15, -0.1) is 0 Å². The van der Waals surface area contributed by atoms with Gasteiger partial charge in [0.1, 0.15) is 5.78 Å². The maximum Gasteiger partial charge on any atom is 0.152 e. The highest BCUT2D eigenvalue weighted by Crippen LogP contribution is 2.32. The van der Waals surface area contributed by atoms with E-state index in [9.17, 15) is 13.2 Å². The zero-order chi connectivity index (χ0) is 21.7. The summed E-state index contributed by atoms with van der Waals surface area (Å²) in [5.41, 5.74) is 3.74. The van der Waals surface area contributed by atoms with Crippen molar-refractivity contribution in [2.45, 2.75) is 51.2 Å². The van der Waals surface area contributed by atoms with Gasteiger partial charge in [0.15, 0.2) is 9.84 Å². The fourth-order valence-corrected chi connectivity index (χ4v) is 5.45. The van der Waals surface area contributed by atoms with E-state index in [-0.39, 0.29) is 28.6 Å². The minimum absolute atomic E-state index is 0.0428. The van der Waals surface area contributed by atoms with Crippen LogP contribution in [-0.4, -0.2) is 25.2 Å². The van der Waals surface area contributed by atoms with Crippen LogP contribution < -0.4 is 0 Å². The second-order valence-electron chi connectivity index (χ2n) is 8.63. The molecule has 0 radical (unpaired) electrons. The van der Waals surface area contributed by atoms with Crippen molar-refractivity contribution in [2.24, 2.45) is 11.8 Å². The number of carbonyl (C=O) groups excluding carboxylic acids is 1. The van der Waals surface area contributed by atoms with Gasteiger partial charge in [-0.3, -0.25) is 4.79 Å². The van der Waals surface area contributed by atoms with E-state index >= 15 is 0 Å². The van der Waals surface area contributed by atoms with Gasteiger partial charge < -0.3 is 0 Å². The zero-order valence-electron chi connectivity index (χ0n) is 17.7. The Hall–Kier alpha value is -2.45. The molecule has 30 heavy (non-hydrogen) atoms. The number of rotatable bonds is 7. The van der Waals surface area contributed by atoms with Gasteiger partial charge in [-0.1, -0.05) is 36.4 Å². The monoisotopic (exact) mass is 423 g/mol. The van der Waals surface area contributed by atoms with Gasteiger partial charge in [0.2, 0.25) is 0 Å². The number of hydrogen-bond acceptors (Lipinski definition) is 4. The lowest BCUT2D eigenvalue weighted by Gasteiger charge is -2.28. The van der Waals surface area contributed by atoms with E-state index in [1.807, 2.05) is 36.4 Å². The summed E-state index contributed by atoms with van der Waals surface area (Å²) in [5.74, 6) is 0.739. The van der Waals surface area contributed by atoms with Crippen molar-refractivity contribution in [2.75, 3.05) is 5.75 Å². The van der Waals surface area contributed by atoms with Crippen LogP contribution in [0.4, 0.5) is 0 Å². The Kier molecular flexibility index (Phi) is 7.10. The van der Waals surface area contributed by atoms with Gasteiger partial charge >= 0.3 is 0 Å². The molecule has 0 N–H and O–H groups in total. The number of sulfone groups is 1. The molecule has 4 nitrogen and oxygen atoms in total. The smallest absolute Gasteiger partial charge is 0.152 e. The third-order valence-corrected chi connectivity index (χ3v) is 8.54. The fourth-order valence-electron chi connectivity index (χ4n) is 4.07. The van der Waals surface area contributed by atoms with Crippen molar-refractivity contribution < 1.29 is 13.2 Å². The first kappa shape index (κ1) is 22.2. The third kappa shape index (κ3) is 5.58. The standard InChI is InChI=1S/C25H29NO3S/c1-18(2)30(28,29)17-21-7-13-24(14-8-21)25(27)15-19-3-9-22(10-4-19)23-11-5-20(16-26)6-12-23/h3-6,9-12,18,21,24H,7-8,13-15,17H2,1-2H3. The molecule has 1 aliphatic rings. The Labute approximate surface area is 179 Å². The van der Waals surface area contributed by atoms with Gasteiger partial charge in [-0.25, -0.2) is 8.42 Å². The normalized spacial score (nSPS) is 19.4. The average molecular weight is 424 g/mol. The maximum absolute atomic E-state index is 12.7. The minimum atomic E-state index is -3.02. The summed E-state index contributed by atoms with van der Waals surface area (Å²) >= 11 is 0. The van der Waals surface area contributed by atoms with Crippen LogP contribution in [0.1, 0.15) is 50.7 Å². The molecule has 0 aliphatic heterocycles. The number of hydrogen-bond donors (Lipinski definition) is 0. The highest BCUT2D eigenvalue weighted by molar-refractivity contribution is 7.91. The number of nitriles is 1. The molecule has 0 unspecified atom stereocenters. The second-order valence-corrected chi connectivity index (χ2v) is 11.2. The van der Waals surface area contributed by atoms with E-state index in [4.69, 9.17) is 5.26 Å². The molecule has 0 heterocycles. The first-order chi connectivity index (χ1) is 14.3. The quantitative estimate of drug-likeness (QED) is 0.630. The molecule has 0 spiro atoms. The number of nitrogens with zero attached hydrogens (tertiary/aromatic N) is 1. The summed E-state index contributed by atoms with van der Waals surface area (Å²) in [5, 5.41) is 8.57. The Bertz CT molecular complexity index is 1010. The van der Waals surface area contributed by atoms with Crippen molar-refractivity contribution in [1.82, 2.24) is 0 Å². The molecule has 2 aromatic rings. The summed E-state index contributed by atoms with van der Waals surface area (Å²) in [4.78, 5) is 12.7. The number of ketones is 1. The van der Waals surface area contributed by atoms with E-state index in [2.05, 4.69) is 6.07 Å². The maximum atomic E-state index is 12.7. The van der Waals surface area contributed by atoms with Crippen molar-refractivity contribution in [1.29, 1.82) is 5.26 Å². The van der Waals surface area contributed by atoms with Gasteiger partial charge in [0, 0.05) is 12.3 Å². The van der Waals surface area contributed by atoms with Gasteiger partial charge in [-0.05, 0) is 74.3 Å². The highest BCUT2D eigenvalue weighted by Gasteiger charge is 2.29. The van der Waals surface area contributed by atoms with E-state index in [1.54, 1.807) is 26.0 Å². The van der Waals surface area contributed by atoms with E-state index in [1.165, 1.54) is 0 Å². The zero-order valence-corrected chi connectivity index (χ0v) is 18.5. The third-order valence-electron chi connectivity index (χ3n) is 6.17. The average Bonchev–Trinajstić information content (AvgIpc) is 2.74. The summed E-state index contributed by atoms with van der Waals surface area (Å²) in [7, 11) is -3.02. The van der Waals surface area contributed by atoms with Crippen LogP contribution in [0.25, 0.3) is 11.1 Å². The molecule has 1 fully saturated rings. The molecule has 1 aliphatic carbocycles. The Morgan fingerprint density at radius 2 is 1.50 bits per heavy atom. The summed E-state index contributed by atoms with van der Waals surface area (Å²) in [6.07, 6.45) is 3.65. The summed E-state index contributed by atoms with van der Waals surface area (Å²) in [6, 6.07) is 17.6. The summed E-state index contributed by atoms with van der Waals surface area (Å²) < 4.78 is 24.3. The van der Waals surface area contributed by atoms with Crippen molar-refractivity contribution in [3.05, 3.63) is 59.7 Å². The van der Waals surface area contributed by atoms with Crippen LogP contribution in [-0.2, 0) is 21.1 Å². The predicted octanol–water partition coefficient (Wildman–Crippen LogP) is 4.97. The molecule has 0 aromatic heterocycles. The molecule has 0 atom stereocenters. The van der Waals surface area contributed by atoms with Crippen molar-refractivity contribution in [3.63, 3.8) is 0 Å². The van der Waals surface area contributed by atoms with Crippen LogP contribution in [0, 0.1) is 23.2 Å². The Balaban J connectivity index is 1.53. The molecule has 0 amide bonds. The Morgan fingerprint density at radius 1 is 0.967 bits per heavy atom. The van der Waals surface area contributed by atoms with Gasteiger partial charge in [-0.2, -0.15) is 5.26 Å². The molecule has 3 rings (SSSR count). The van der Waals surface area contributed by atoms with Crippen LogP contribution in [0.3, 0.4) is 0 Å². The molecule has 5 heteroatoms. The van der Waals surface area contributed by atoms with Gasteiger partial charge in [0.05, 0.1) is 22.6 Å². The van der Waals surface area contributed by atoms with Crippen LogP contribution in [0.5, 0.6) is 0 Å². The highest BCUT2D eigenvalue weighted by atomic mass is 32.2. The second kappa shape index (κ2) is 9.57. The van der Waals surface area contributed by atoms with E-state index in [0.717, 1.165) is 42.4 Å².